The number of hydrogen-bond acceptors (Lipinski definition) is 5. The molecule has 1 aliphatic heterocycles. The molecule has 0 saturated carbocycles. The summed E-state index contributed by atoms with van der Waals surface area (Å²) in [4.78, 5) is 16.2. The Bertz CT molecular complexity index is 969. The van der Waals surface area contributed by atoms with E-state index in [4.69, 9.17) is 10.5 Å². The molecule has 2 unspecified atom stereocenters. The van der Waals surface area contributed by atoms with Crippen LogP contribution in [0.2, 0.25) is 0 Å². The first-order valence-corrected chi connectivity index (χ1v) is 10.3. The molecule has 5 heteroatoms. The van der Waals surface area contributed by atoms with Gasteiger partial charge in [-0.1, -0.05) is 60.7 Å². The number of benzene rings is 2. The zero-order chi connectivity index (χ0) is 19.7. The molecular formula is C23H24N2O2S. The molecule has 0 aliphatic carbocycles. The number of likely N-dealkylation sites (N-methyl/N-ethyl adjacent to an activating group) is 1. The molecular weight excluding hydrogens is 368 g/mol. The summed E-state index contributed by atoms with van der Waals surface area (Å²) in [6, 6.07) is 21.0. The van der Waals surface area contributed by atoms with Gasteiger partial charge >= 0.3 is 5.97 Å². The number of esters is 1. The highest BCUT2D eigenvalue weighted by Crippen LogP contribution is 2.48. The molecule has 2 N–H and O–H groups in total. The van der Waals surface area contributed by atoms with Crippen LogP contribution in [0.15, 0.2) is 60.7 Å². The maximum absolute atomic E-state index is 12.7. The van der Waals surface area contributed by atoms with Crippen molar-refractivity contribution in [1.82, 2.24) is 4.90 Å². The number of nitrogen functional groups attached to an aromatic ring is 1. The van der Waals surface area contributed by atoms with Crippen LogP contribution < -0.4 is 5.73 Å². The second-order valence-corrected chi connectivity index (χ2v) is 8.10. The van der Waals surface area contributed by atoms with E-state index in [1.807, 2.05) is 19.1 Å². The van der Waals surface area contributed by atoms with Crippen molar-refractivity contribution in [1.29, 1.82) is 0 Å². The van der Waals surface area contributed by atoms with Crippen LogP contribution in [-0.4, -0.2) is 24.5 Å². The Labute approximate surface area is 169 Å². The second kappa shape index (κ2) is 7.78. The van der Waals surface area contributed by atoms with Gasteiger partial charge in [0.25, 0.3) is 0 Å². The van der Waals surface area contributed by atoms with Crippen LogP contribution in [-0.2, 0) is 11.2 Å². The predicted molar refractivity (Wildman–Crippen MR) is 114 cm³/mol. The first kappa shape index (κ1) is 18.7. The number of anilines is 1. The SMILES string of the molecule is CCOC(=O)c1c(N)sc2c1CC(c1ccccc1)N(C)C2c1ccccc1. The fourth-order valence-corrected chi connectivity index (χ4v) is 5.37. The molecule has 3 aromatic rings. The van der Waals surface area contributed by atoms with Gasteiger partial charge in [-0.25, -0.2) is 4.79 Å². The van der Waals surface area contributed by atoms with E-state index < -0.39 is 0 Å². The molecule has 144 valence electrons. The highest BCUT2D eigenvalue weighted by atomic mass is 32.1. The van der Waals surface area contributed by atoms with E-state index in [9.17, 15) is 4.79 Å². The lowest BCUT2D eigenvalue weighted by atomic mass is 9.86. The minimum atomic E-state index is -0.319. The number of hydrogen-bond donors (Lipinski definition) is 1. The van der Waals surface area contributed by atoms with Crippen molar-refractivity contribution >= 4 is 22.3 Å². The lowest BCUT2D eigenvalue weighted by molar-refractivity contribution is 0.0525. The number of thiophene rings is 1. The van der Waals surface area contributed by atoms with Gasteiger partial charge in [0.2, 0.25) is 0 Å². The van der Waals surface area contributed by atoms with Crippen LogP contribution in [0, 0.1) is 0 Å². The molecule has 0 spiro atoms. The Kier molecular flexibility index (Phi) is 5.20. The molecule has 0 radical (unpaired) electrons. The van der Waals surface area contributed by atoms with Gasteiger partial charge in [-0.15, -0.1) is 11.3 Å². The number of ether oxygens (including phenoxy) is 1. The van der Waals surface area contributed by atoms with E-state index in [-0.39, 0.29) is 18.1 Å². The third-order valence-electron chi connectivity index (χ3n) is 5.39. The van der Waals surface area contributed by atoms with Crippen LogP contribution >= 0.6 is 11.3 Å². The molecule has 28 heavy (non-hydrogen) atoms. The summed E-state index contributed by atoms with van der Waals surface area (Å²) in [5.74, 6) is -0.319. The van der Waals surface area contributed by atoms with Gasteiger partial charge in [-0.3, -0.25) is 4.90 Å². The maximum Gasteiger partial charge on any atom is 0.341 e. The van der Waals surface area contributed by atoms with Crippen LogP contribution in [0.25, 0.3) is 0 Å². The van der Waals surface area contributed by atoms with Gasteiger partial charge in [0.05, 0.1) is 18.2 Å². The Morgan fingerprint density at radius 1 is 1.11 bits per heavy atom. The van der Waals surface area contributed by atoms with Crippen molar-refractivity contribution < 1.29 is 9.53 Å². The summed E-state index contributed by atoms with van der Waals surface area (Å²) in [6.07, 6.45) is 0.737. The van der Waals surface area contributed by atoms with E-state index >= 15 is 0 Å². The van der Waals surface area contributed by atoms with E-state index in [1.165, 1.54) is 22.5 Å². The number of rotatable bonds is 4. The average Bonchev–Trinajstić information content (AvgIpc) is 3.04. The normalized spacial score (nSPS) is 19.2. The highest BCUT2D eigenvalue weighted by Gasteiger charge is 2.39. The molecule has 1 aliphatic rings. The molecule has 2 heterocycles. The van der Waals surface area contributed by atoms with Crippen molar-refractivity contribution in [2.24, 2.45) is 0 Å². The summed E-state index contributed by atoms with van der Waals surface area (Å²) in [5, 5.41) is 0.548. The molecule has 2 atom stereocenters. The van der Waals surface area contributed by atoms with Gasteiger partial charge in [0, 0.05) is 10.9 Å². The maximum atomic E-state index is 12.7. The van der Waals surface area contributed by atoms with Crippen LogP contribution in [0.1, 0.15) is 50.9 Å². The molecule has 0 bridgehead atoms. The first-order valence-electron chi connectivity index (χ1n) is 9.51. The summed E-state index contributed by atoms with van der Waals surface area (Å²) in [6.45, 7) is 2.16. The third kappa shape index (κ3) is 3.21. The summed E-state index contributed by atoms with van der Waals surface area (Å²) in [5.41, 5.74) is 10.3. The smallest absolute Gasteiger partial charge is 0.341 e. The number of carbonyl (C=O) groups excluding carboxylic acids is 1. The molecule has 2 aromatic carbocycles. The lowest BCUT2D eigenvalue weighted by Crippen LogP contribution is -2.35. The van der Waals surface area contributed by atoms with Crippen molar-refractivity contribution in [2.45, 2.75) is 25.4 Å². The third-order valence-corrected chi connectivity index (χ3v) is 6.50. The summed E-state index contributed by atoms with van der Waals surface area (Å²) < 4.78 is 5.32. The Morgan fingerprint density at radius 2 is 1.71 bits per heavy atom. The molecule has 0 fully saturated rings. The standard InChI is InChI=1S/C23H24N2O2S/c1-3-27-23(26)19-17-14-18(15-10-6-4-7-11-15)25(2)20(21(17)28-22(19)24)16-12-8-5-9-13-16/h4-13,18,20H,3,14,24H2,1-2H3. The largest absolute Gasteiger partial charge is 0.462 e. The number of nitrogens with two attached hydrogens (primary N) is 1. The molecule has 4 nitrogen and oxygen atoms in total. The van der Waals surface area contributed by atoms with Gasteiger partial charge in [-0.2, -0.15) is 0 Å². The fourth-order valence-electron chi connectivity index (χ4n) is 4.11. The van der Waals surface area contributed by atoms with Gasteiger partial charge in [0.1, 0.15) is 5.00 Å². The minimum absolute atomic E-state index is 0.0469. The summed E-state index contributed by atoms with van der Waals surface area (Å²) in [7, 11) is 2.15. The van der Waals surface area contributed by atoms with Crippen molar-refractivity contribution in [2.75, 3.05) is 19.4 Å². The van der Waals surface area contributed by atoms with Gasteiger partial charge in [0.15, 0.2) is 0 Å². The highest BCUT2D eigenvalue weighted by molar-refractivity contribution is 7.16. The Balaban J connectivity index is 1.88. The fraction of sp³-hybridized carbons (Fsp3) is 0.261. The van der Waals surface area contributed by atoms with Gasteiger partial charge in [-0.05, 0) is 37.1 Å². The Hall–Kier alpha value is -2.63. The number of nitrogens with zero attached hydrogens (tertiary/aromatic N) is 1. The average molecular weight is 393 g/mol. The minimum Gasteiger partial charge on any atom is -0.462 e. The second-order valence-electron chi connectivity index (χ2n) is 7.01. The van der Waals surface area contributed by atoms with E-state index in [1.54, 1.807) is 0 Å². The van der Waals surface area contributed by atoms with Crippen LogP contribution in [0.4, 0.5) is 5.00 Å². The molecule has 4 rings (SSSR count). The first-order chi connectivity index (χ1) is 13.6. The van der Waals surface area contributed by atoms with E-state index in [0.717, 1.165) is 16.9 Å². The Morgan fingerprint density at radius 3 is 2.32 bits per heavy atom. The molecule has 0 amide bonds. The summed E-state index contributed by atoms with van der Waals surface area (Å²) >= 11 is 1.51. The molecule has 1 aromatic heterocycles. The number of fused-ring (bicyclic) bond motifs is 1. The van der Waals surface area contributed by atoms with E-state index in [0.29, 0.717) is 17.2 Å². The van der Waals surface area contributed by atoms with Crippen molar-refractivity contribution in [3.63, 3.8) is 0 Å². The quantitative estimate of drug-likeness (QED) is 0.647. The van der Waals surface area contributed by atoms with Crippen molar-refractivity contribution in [3.05, 3.63) is 87.8 Å². The van der Waals surface area contributed by atoms with Crippen LogP contribution in [0.3, 0.4) is 0 Å². The number of carbonyl (C=O) groups is 1. The van der Waals surface area contributed by atoms with Crippen molar-refractivity contribution in [3.8, 4) is 0 Å². The zero-order valence-electron chi connectivity index (χ0n) is 16.1. The topological polar surface area (TPSA) is 55.6 Å². The predicted octanol–water partition coefficient (Wildman–Crippen LogP) is 4.83. The van der Waals surface area contributed by atoms with Gasteiger partial charge < -0.3 is 10.5 Å². The van der Waals surface area contributed by atoms with E-state index in [2.05, 4.69) is 60.5 Å². The zero-order valence-corrected chi connectivity index (χ0v) is 16.9. The molecule has 0 saturated heterocycles. The van der Waals surface area contributed by atoms with Crippen LogP contribution in [0.5, 0.6) is 0 Å². The monoisotopic (exact) mass is 392 g/mol. The lowest BCUT2D eigenvalue weighted by Gasteiger charge is -2.40.